The van der Waals surface area contributed by atoms with Gasteiger partial charge >= 0.3 is 0 Å². The third-order valence-corrected chi connectivity index (χ3v) is 3.88. The van der Waals surface area contributed by atoms with Gasteiger partial charge in [0.2, 0.25) is 5.91 Å². The van der Waals surface area contributed by atoms with Crippen LogP contribution in [0.2, 0.25) is 0 Å². The lowest BCUT2D eigenvalue weighted by molar-refractivity contribution is -0.123. The molecule has 5 nitrogen and oxygen atoms in total. The van der Waals surface area contributed by atoms with Crippen LogP contribution in [0, 0.1) is 0 Å². The van der Waals surface area contributed by atoms with Crippen LogP contribution in [-0.2, 0) is 14.9 Å². The van der Waals surface area contributed by atoms with E-state index in [1.54, 1.807) is 14.2 Å². The molecule has 5 heteroatoms. The molecule has 0 atom stereocenters. The SMILES string of the molecule is COCCNCCNC(=O)C1(c2ccccc2OC)CC1. The smallest absolute Gasteiger partial charge is 0.230 e. The fourth-order valence-electron chi connectivity index (χ4n) is 2.52. The van der Waals surface area contributed by atoms with E-state index in [1.165, 1.54) is 0 Å². The lowest BCUT2D eigenvalue weighted by Gasteiger charge is -2.18. The first kappa shape index (κ1) is 15.8. The zero-order chi connectivity index (χ0) is 15.1. The predicted octanol–water partition coefficient (Wildman–Crippen LogP) is 1.08. The molecule has 0 unspecified atom stereocenters. The van der Waals surface area contributed by atoms with Crippen molar-refractivity contribution in [2.24, 2.45) is 0 Å². The number of carbonyl (C=O) groups is 1. The summed E-state index contributed by atoms with van der Waals surface area (Å²) in [6, 6.07) is 7.78. The monoisotopic (exact) mass is 292 g/mol. The summed E-state index contributed by atoms with van der Waals surface area (Å²) >= 11 is 0. The first-order chi connectivity index (χ1) is 10.2. The summed E-state index contributed by atoms with van der Waals surface area (Å²) in [6.07, 6.45) is 1.77. The number of amides is 1. The van der Waals surface area contributed by atoms with Gasteiger partial charge in [0.1, 0.15) is 5.75 Å². The molecule has 1 amide bonds. The highest BCUT2D eigenvalue weighted by Gasteiger charge is 2.52. The van der Waals surface area contributed by atoms with Crippen molar-refractivity contribution in [3.63, 3.8) is 0 Å². The second-order valence-corrected chi connectivity index (χ2v) is 5.28. The van der Waals surface area contributed by atoms with Crippen LogP contribution in [0.25, 0.3) is 0 Å². The van der Waals surface area contributed by atoms with Crippen LogP contribution in [0.4, 0.5) is 0 Å². The fourth-order valence-corrected chi connectivity index (χ4v) is 2.52. The molecule has 1 saturated carbocycles. The summed E-state index contributed by atoms with van der Waals surface area (Å²) in [4.78, 5) is 12.5. The Morgan fingerprint density at radius 3 is 2.62 bits per heavy atom. The van der Waals surface area contributed by atoms with Gasteiger partial charge in [-0.15, -0.1) is 0 Å². The highest BCUT2D eigenvalue weighted by molar-refractivity contribution is 5.92. The zero-order valence-electron chi connectivity index (χ0n) is 12.8. The van der Waals surface area contributed by atoms with Crippen LogP contribution in [-0.4, -0.2) is 46.4 Å². The van der Waals surface area contributed by atoms with E-state index < -0.39 is 0 Å². The highest BCUT2D eigenvalue weighted by atomic mass is 16.5. The zero-order valence-corrected chi connectivity index (χ0v) is 12.8. The molecular formula is C16H24N2O3. The summed E-state index contributed by atoms with van der Waals surface area (Å²) in [6.45, 7) is 2.85. The molecule has 1 aromatic rings. The molecule has 0 bridgehead atoms. The molecule has 1 aliphatic rings. The Hall–Kier alpha value is -1.59. The second-order valence-electron chi connectivity index (χ2n) is 5.28. The van der Waals surface area contributed by atoms with Crippen molar-refractivity contribution < 1.29 is 14.3 Å². The van der Waals surface area contributed by atoms with Crippen molar-refractivity contribution in [3.05, 3.63) is 29.8 Å². The van der Waals surface area contributed by atoms with Crippen molar-refractivity contribution >= 4 is 5.91 Å². The minimum absolute atomic E-state index is 0.0977. The van der Waals surface area contributed by atoms with Crippen LogP contribution in [0.3, 0.4) is 0 Å². The molecule has 116 valence electrons. The van der Waals surface area contributed by atoms with E-state index in [1.807, 2.05) is 24.3 Å². The Balaban J connectivity index is 1.87. The van der Waals surface area contributed by atoms with Gasteiger partial charge in [-0.2, -0.15) is 0 Å². The fraction of sp³-hybridized carbons (Fsp3) is 0.562. The van der Waals surface area contributed by atoms with Crippen molar-refractivity contribution in [2.45, 2.75) is 18.3 Å². The van der Waals surface area contributed by atoms with Gasteiger partial charge in [0.25, 0.3) is 0 Å². The van der Waals surface area contributed by atoms with Gasteiger partial charge in [-0.05, 0) is 18.9 Å². The van der Waals surface area contributed by atoms with E-state index in [0.29, 0.717) is 13.2 Å². The molecule has 1 fully saturated rings. The van der Waals surface area contributed by atoms with E-state index >= 15 is 0 Å². The summed E-state index contributed by atoms with van der Waals surface area (Å²) < 4.78 is 10.3. The second kappa shape index (κ2) is 7.43. The molecule has 0 saturated heterocycles. The maximum Gasteiger partial charge on any atom is 0.230 e. The molecule has 1 aromatic carbocycles. The Morgan fingerprint density at radius 2 is 1.95 bits per heavy atom. The van der Waals surface area contributed by atoms with Gasteiger partial charge in [0, 0.05) is 32.3 Å². The van der Waals surface area contributed by atoms with Gasteiger partial charge in [-0.3, -0.25) is 4.79 Å². The van der Waals surface area contributed by atoms with Gasteiger partial charge in [0.05, 0.1) is 19.1 Å². The van der Waals surface area contributed by atoms with Gasteiger partial charge in [-0.1, -0.05) is 18.2 Å². The lowest BCUT2D eigenvalue weighted by atomic mass is 9.94. The van der Waals surface area contributed by atoms with Crippen molar-refractivity contribution in [3.8, 4) is 5.75 Å². The molecule has 1 aliphatic carbocycles. The minimum Gasteiger partial charge on any atom is -0.496 e. The molecular weight excluding hydrogens is 268 g/mol. The molecule has 2 rings (SSSR count). The largest absolute Gasteiger partial charge is 0.496 e. The minimum atomic E-state index is -0.390. The summed E-state index contributed by atoms with van der Waals surface area (Å²) in [5.74, 6) is 0.893. The van der Waals surface area contributed by atoms with Crippen LogP contribution in [0.15, 0.2) is 24.3 Å². The van der Waals surface area contributed by atoms with E-state index in [2.05, 4.69) is 10.6 Å². The average molecular weight is 292 g/mol. The van der Waals surface area contributed by atoms with Crippen molar-refractivity contribution in [1.29, 1.82) is 0 Å². The van der Waals surface area contributed by atoms with Crippen molar-refractivity contribution in [1.82, 2.24) is 10.6 Å². The average Bonchev–Trinajstić information content (AvgIpc) is 3.32. The standard InChI is InChI=1S/C16H24N2O3/c1-20-12-11-17-9-10-18-15(19)16(7-8-16)13-5-3-4-6-14(13)21-2/h3-6,17H,7-12H2,1-2H3,(H,18,19). The number of rotatable bonds is 9. The molecule has 2 N–H and O–H groups in total. The number of para-hydroxylation sites is 1. The predicted molar refractivity (Wildman–Crippen MR) is 81.7 cm³/mol. The Kier molecular flexibility index (Phi) is 5.59. The Labute approximate surface area is 126 Å². The number of benzene rings is 1. The molecule has 0 radical (unpaired) electrons. The maximum absolute atomic E-state index is 12.5. The first-order valence-corrected chi connectivity index (χ1v) is 7.36. The van der Waals surface area contributed by atoms with Crippen LogP contribution in [0.1, 0.15) is 18.4 Å². The molecule has 0 aliphatic heterocycles. The third kappa shape index (κ3) is 3.74. The van der Waals surface area contributed by atoms with Crippen LogP contribution >= 0.6 is 0 Å². The number of hydrogen-bond acceptors (Lipinski definition) is 4. The molecule has 0 spiro atoms. The third-order valence-electron chi connectivity index (χ3n) is 3.88. The molecule has 0 aromatic heterocycles. The van der Waals surface area contributed by atoms with E-state index in [9.17, 15) is 4.79 Å². The van der Waals surface area contributed by atoms with Crippen molar-refractivity contribution in [2.75, 3.05) is 40.5 Å². The van der Waals surface area contributed by atoms with Gasteiger partial charge < -0.3 is 20.1 Å². The van der Waals surface area contributed by atoms with Gasteiger partial charge in [-0.25, -0.2) is 0 Å². The number of carbonyl (C=O) groups excluding carboxylic acids is 1. The van der Waals surface area contributed by atoms with Gasteiger partial charge in [0.15, 0.2) is 0 Å². The summed E-state index contributed by atoms with van der Waals surface area (Å²) in [5, 5.41) is 6.23. The molecule has 21 heavy (non-hydrogen) atoms. The molecule has 0 heterocycles. The quantitative estimate of drug-likeness (QED) is 0.669. The Bertz CT molecular complexity index is 472. The first-order valence-electron chi connectivity index (χ1n) is 7.36. The number of hydrogen-bond donors (Lipinski definition) is 2. The topological polar surface area (TPSA) is 59.6 Å². The Morgan fingerprint density at radius 1 is 1.19 bits per heavy atom. The normalized spacial score (nSPS) is 15.5. The number of methoxy groups -OCH3 is 2. The summed E-state index contributed by atoms with van der Waals surface area (Å²) in [5.41, 5.74) is 0.608. The van der Waals surface area contributed by atoms with Crippen LogP contribution < -0.4 is 15.4 Å². The van der Waals surface area contributed by atoms with E-state index in [-0.39, 0.29) is 11.3 Å². The number of nitrogens with one attached hydrogen (secondary N) is 2. The number of ether oxygens (including phenoxy) is 2. The van der Waals surface area contributed by atoms with E-state index in [4.69, 9.17) is 9.47 Å². The van der Waals surface area contributed by atoms with E-state index in [0.717, 1.165) is 37.2 Å². The lowest BCUT2D eigenvalue weighted by Crippen LogP contribution is -2.39. The summed E-state index contributed by atoms with van der Waals surface area (Å²) in [7, 11) is 3.32. The maximum atomic E-state index is 12.5. The highest BCUT2D eigenvalue weighted by Crippen LogP contribution is 2.51. The van der Waals surface area contributed by atoms with Crippen LogP contribution in [0.5, 0.6) is 5.75 Å².